The number of nitrogens with zero attached hydrogens (tertiary/aromatic N) is 4. The van der Waals surface area contributed by atoms with Gasteiger partial charge in [-0.2, -0.15) is 5.26 Å². The van der Waals surface area contributed by atoms with Crippen molar-refractivity contribution < 1.29 is 9.90 Å². The van der Waals surface area contributed by atoms with E-state index in [1.807, 2.05) is 42.7 Å². The number of aromatic carboxylic acids is 1. The standard InChI is InChI=1S/C31H29N5O3/c1-18-11-25(19(2)33-27-10-6-5-9-24(27)30(38)39)28-26(12-18)29(37)36(23-13-20(14-23)15-32)31(34-28)35-16-21-7-3-4-8-22(21)17-35/h3-12,19-20,23,33H,13-14,16-17H2,1-2H3,(H,38,39)/t19?,20-,23-. The van der Waals surface area contributed by atoms with Gasteiger partial charge in [-0.05, 0) is 61.6 Å². The summed E-state index contributed by atoms with van der Waals surface area (Å²) in [6.45, 7) is 5.21. The summed E-state index contributed by atoms with van der Waals surface area (Å²) in [6.07, 6.45) is 1.28. The Morgan fingerprint density at radius 2 is 1.77 bits per heavy atom. The molecule has 1 aliphatic heterocycles. The van der Waals surface area contributed by atoms with E-state index >= 15 is 0 Å². The molecule has 3 aromatic carbocycles. The molecule has 6 rings (SSSR count). The van der Waals surface area contributed by atoms with Crippen LogP contribution in [0, 0.1) is 24.2 Å². The molecule has 2 N–H and O–H groups in total. The van der Waals surface area contributed by atoms with E-state index < -0.39 is 5.97 Å². The van der Waals surface area contributed by atoms with Crippen molar-refractivity contribution in [2.24, 2.45) is 5.92 Å². The highest BCUT2D eigenvalue weighted by Crippen LogP contribution is 2.40. The highest BCUT2D eigenvalue weighted by atomic mass is 16.4. The second-order valence-corrected chi connectivity index (χ2v) is 10.6. The molecule has 0 radical (unpaired) electrons. The lowest BCUT2D eigenvalue weighted by molar-refractivity contribution is 0.0698. The number of aromatic nitrogens is 2. The van der Waals surface area contributed by atoms with Gasteiger partial charge in [-0.3, -0.25) is 9.36 Å². The maximum Gasteiger partial charge on any atom is 0.337 e. The monoisotopic (exact) mass is 519 g/mol. The Morgan fingerprint density at radius 3 is 2.44 bits per heavy atom. The van der Waals surface area contributed by atoms with Crippen LogP contribution in [0.15, 0.2) is 65.5 Å². The normalized spacial score (nSPS) is 18.7. The summed E-state index contributed by atoms with van der Waals surface area (Å²) in [5.41, 5.74) is 5.38. The molecule has 1 aromatic heterocycles. The number of hydrogen-bond donors (Lipinski definition) is 2. The molecule has 1 unspecified atom stereocenters. The number of para-hydroxylation sites is 1. The Hall–Kier alpha value is -4.64. The number of carbonyl (C=O) groups is 1. The molecule has 4 aromatic rings. The quantitative estimate of drug-likeness (QED) is 0.342. The number of benzene rings is 3. The average molecular weight is 520 g/mol. The van der Waals surface area contributed by atoms with Crippen LogP contribution in [0.3, 0.4) is 0 Å². The molecule has 2 aliphatic rings. The van der Waals surface area contributed by atoms with Gasteiger partial charge in [0, 0.05) is 30.4 Å². The molecular formula is C31H29N5O3. The maximum atomic E-state index is 14.2. The third-order valence-corrected chi connectivity index (χ3v) is 7.94. The van der Waals surface area contributed by atoms with Crippen LogP contribution in [0.25, 0.3) is 10.9 Å². The number of anilines is 2. The fourth-order valence-corrected chi connectivity index (χ4v) is 5.84. The second-order valence-electron chi connectivity index (χ2n) is 10.6. The molecule has 0 spiro atoms. The molecular weight excluding hydrogens is 490 g/mol. The van der Waals surface area contributed by atoms with E-state index in [-0.39, 0.29) is 29.1 Å². The number of nitriles is 1. The maximum absolute atomic E-state index is 14.2. The van der Waals surface area contributed by atoms with E-state index in [0.717, 1.165) is 11.1 Å². The molecule has 0 amide bonds. The van der Waals surface area contributed by atoms with Crippen molar-refractivity contribution in [2.45, 2.75) is 51.9 Å². The molecule has 39 heavy (non-hydrogen) atoms. The summed E-state index contributed by atoms with van der Waals surface area (Å²) >= 11 is 0. The van der Waals surface area contributed by atoms with E-state index in [0.29, 0.717) is 48.5 Å². The van der Waals surface area contributed by atoms with Gasteiger partial charge in [-0.15, -0.1) is 0 Å². The van der Waals surface area contributed by atoms with Crippen LogP contribution in [0.4, 0.5) is 11.6 Å². The summed E-state index contributed by atoms with van der Waals surface area (Å²) in [4.78, 5) is 33.3. The van der Waals surface area contributed by atoms with Crippen LogP contribution in [0.2, 0.25) is 0 Å². The zero-order valence-electron chi connectivity index (χ0n) is 21.9. The highest BCUT2D eigenvalue weighted by Gasteiger charge is 2.35. The molecule has 1 saturated carbocycles. The van der Waals surface area contributed by atoms with Crippen LogP contribution < -0.4 is 15.8 Å². The summed E-state index contributed by atoms with van der Waals surface area (Å²) < 4.78 is 1.81. The predicted molar refractivity (Wildman–Crippen MR) is 150 cm³/mol. The summed E-state index contributed by atoms with van der Waals surface area (Å²) in [7, 11) is 0. The first-order chi connectivity index (χ1) is 18.8. The molecule has 1 aliphatic carbocycles. The lowest BCUT2D eigenvalue weighted by atomic mass is 9.81. The minimum absolute atomic E-state index is 0.0483. The Bertz CT molecular complexity index is 1690. The molecule has 0 bridgehead atoms. The molecule has 0 saturated heterocycles. The number of carboxylic acid groups (broad SMARTS) is 1. The lowest BCUT2D eigenvalue weighted by Crippen LogP contribution is -2.38. The number of hydrogen-bond acceptors (Lipinski definition) is 6. The first-order valence-electron chi connectivity index (χ1n) is 13.2. The fraction of sp³-hybridized carbons (Fsp3) is 0.290. The van der Waals surface area contributed by atoms with E-state index in [1.54, 1.807) is 24.3 Å². The van der Waals surface area contributed by atoms with Gasteiger partial charge < -0.3 is 15.3 Å². The van der Waals surface area contributed by atoms with Crippen LogP contribution >= 0.6 is 0 Å². The molecule has 1 fully saturated rings. The SMILES string of the molecule is Cc1cc(C(C)Nc2ccccc2C(=O)O)c2nc(N3Cc4ccccc4C3)n([C@H]3C[C@H](C#N)C3)c(=O)c2c1. The highest BCUT2D eigenvalue weighted by molar-refractivity contribution is 5.94. The Labute approximate surface area is 226 Å². The smallest absolute Gasteiger partial charge is 0.337 e. The van der Waals surface area contributed by atoms with Crippen molar-refractivity contribution in [3.63, 3.8) is 0 Å². The van der Waals surface area contributed by atoms with E-state index in [4.69, 9.17) is 4.98 Å². The average Bonchev–Trinajstić information content (AvgIpc) is 3.33. The number of carboxylic acids is 1. The fourth-order valence-electron chi connectivity index (χ4n) is 5.84. The summed E-state index contributed by atoms with van der Waals surface area (Å²) in [5, 5.41) is 22.9. The number of nitrogens with one attached hydrogen (secondary N) is 1. The molecule has 1 atom stereocenters. The van der Waals surface area contributed by atoms with Gasteiger partial charge in [-0.25, -0.2) is 9.78 Å². The van der Waals surface area contributed by atoms with E-state index in [2.05, 4.69) is 28.4 Å². The van der Waals surface area contributed by atoms with Gasteiger partial charge in [0.05, 0.1) is 34.5 Å². The Kier molecular flexibility index (Phi) is 6.07. The third-order valence-electron chi connectivity index (χ3n) is 7.94. The summed E-state index contributed by atoms with van der Waals surface area (Å²) in [5.74, 6) is -0.436. The van der Waals surface area contributed by atoms with Crippen LogP contribution in [-0.4, -0.2) is 20.6 Å². The lowest BCUT2D eigenvalue weighted by Gasteiger charge is -2.35. The first-order valence-corrected chi connectivity index (χ1v) is 13.2. The van der Waals surface area contributed by atoms with E-state index in [1.165, 1.54) is 11.1 Å². The predicted octanol–water partition coefficient (Wildman–Crippen LogP) is 5.57. The van der Waals surface area contributed by atoms with Gasteiger partial charge in [0.1, 0.15) is 0 Å². The van der Waals surface area contributed by atoms with Crippen LogP contribution in [0.5, 0.6) is 0 Å². The number of aryl methyl sites for hydroxylation is 1. The minimum Gasteiger partial charge on any atom is -0.478 e. The van der Waals surface area contributed by atoms with Crippen molar-refractivity contribution in [3.8, 4) is 6.07 Å². The van der Waals surface area contributed by atoms with Gasteiger partial charge in [0.2, 0.25) is 5.95 Å². The molecule has 196 valence electrons. The first kappa shape index (κ1) is 24.7. The van der Waals surface area contributed by atoms with Crippen molar-refractivity contribution in [1.82, 2.24) is 9.55 Å². The van der Waals surface area contributed by atoms with Gasteiger partial charge in [-0.1, -0.05) is 42.5 Å². The Balaban J connectivity index is 1.49. The summed E-state index contributed by atoms with van der Waals surface area (Å²) in [6, 6.07) is 20.9. The van der Waals surface area contributed by atoms with Crippen LogP contribution in [0.1, 0.15) is 64.5 Å². The van der Waals surface area contributed by atoms with Gasteiger partial charge in [0.15, 0.2) is 0 Å². The second kappa shape index (κ2) is 9.59. The van der Waals surface area contributed by atoms with Crippen LogP contribution in [-0.2, 0) is 13.1 Å². The topological polar surface area (TPSA) is 111 Å². The third kappa shape index (κ3) is 4.30. The number of rotatable bonds is 6. The molecule has 2 heterocycles. The van der Waals surface area contributed by atoms with Crippen molar-refractivity contribution in [1.29, 1.82) is 5.26 Å². The molecule has 8 heteroatoms. The van der Waals surface area contributed by atoms with Gasteiger partial charge >= 0.3 is 5.97 Å². The largest absolute Gasteiger partial charge is 0.478 e. The number of fused-ring (bicyclic) bond motifs is 2. The zero-order chi connectivity index (χ0) is 27.3. The zero-order valence-corrected chi connectivity index (χ0v) is 21.9. The van der Waals surface area contributed by atoms with Gasteiger partial charge in [0.25, 0.3) is 5.56 Å². The van der Waals surface area contributed by atoms with Crippen molar-refractivity contribution in [3.05, 3.63) is 98.8 Å². The Morgan fingerprint density at radius 1 is 1.10 bits per heavy atom. The minimum atomic E-state index is -1.01. The molecule has 8 nitrogen and oxygen atoms in total. The van der Waals surface area contributed by atoms with Crippen molar-refractivity contribution >= 4 is 28.5 Å². The van der Waals surface area contributed by atoms with E-state index in [9.17, 15) is 20.0 Å². The van der Waals surface area contributed by atoms with Crippen molar-refractivity contribution in [2.75, 3.05) is 10.2 Å².